The first-order valence-corrected chi connectivity index (χ1v) is 7.45. The third kappa shape index (κ3) is 7.14. The summed E-state index contributed by atoms with van der Waals surface area (Å²) in [5, 5.41) is 3.55. The summed E-state index contributed by atoms with van der Waals surface area (Å²) in [5.41, 5.74) is 0. The number of allylic oxidation sites excluding steroid dienone is 2. The van der Waals surface area contributed by atoms with Crippen molar-refractivity contribution in [1.29, 1.82) is 0 Å². The zero-order chi connectivity index (χ0) is 13.1. The first-order chi connectivity index (χ1) is 8.86. The zero-order valence-corrected chi connectivity index (χ0v) is 12.0. The molecule has 0 amide bonds. The maximum absolute atomic E-state index is 5.52. The molecule has 0 spiro atoms. The van der Waals surface area contributed by atoms with Crippen molar-refractivity contribution in [3.05, 3.63) is 12.2 Å². The first kappa shape index (κ1) is 15.7. The van der Waals surface area contributed by atoms with Gasteiger partial charge in [-0.2, -0.15) is 0 Å². The molecule has 1 unspecified atom stereocenters. The fraction of sp³-hybridized carbons (Fsp3) is 0.867. The van der Waals surface area contributed by atoms with Crippen LogP contribution in [0.4, 0.5) is 0 Å². The van der Waals surface area contributed by atoms with E-state index in [0.29, 0.717) is 0 Å². The highest BCUT2D eigenvalue weighted by Gasteiger charge is 2.10. The van der Waals surface area contributed by atoms with E-state index in [4.69, 9.17) is 9.47 Å². The van der Waals surface area contributed by atoms with Gasteiger partial charge >= 0.3 is 0 Å². The number of hydrogen-bond acceptors (Lipinski definition) is 3. The molecule has 0 aliphatic heterocycles. The third-order valence-corrected chi connectivity index (χ3v) is 3.31. The summed E-state index contributed by atoms with van der Waals surface area (Å²) in [6.07, 6.45) is 10.5. The molecule has 18 heavy (non-hydrogen) atoms. The second-order valence-corrected chi connectivity index (χ2v) is 4.84. The summed E-state index contributed by atoms with van der Waals surface area (Å²) < 4.78 is 11.0. The van der Waals surface area contributed by atoms with Crippen molar-refractivity contribution in [2.45, 2.75) is 52.2 Å². The summed E-state index contributed by atoms with van der Waals surface area (Å²) in [6.45, 7) is 7.70. The van der Waals surface area contributed by atoms with Crippen LogP contribution >= 0.6 is 0 Å². The van der Waals surface area contributed by atoms with Gasteiger partial charge in [-0.1, -0.05) is 12.2 Å². The molecule has 0 aromatic rings. The Morgan fingerprint density at radius 3 is 2.61 bits per heavy atom. The van der Waals surface area contributed by atoms with Gasteiger partial charge in [0.05, 0.1) is 0 Å². The Hall–Kier alpha value is -0.380. The molecule has 0 saturated carbocycles. The van der Waals surface area contributed by atoms with Crippen molar-refractivity contribution in [1.82, 2.24) is 5.32 Å². The van der Waals surface area contributed by atoms with Crippen molar-refractivity contribution < 1.29 is 9.47 Å². The van der Waals surface area contributed by atoms with Crippen LogP contribution in [-0.4, -0.2) is 32.6 Å². The number of hydrogen-bond donors (Lipinski definition) is 1. The molecule has 0 radical (unpaired) electrons. The molecule has 0 fully saturated rings. The van der Waals surface area contributed by atoms with Gasteiger partial charge in [-0.15, -0.1) is 0 Å². The van der Waals surface area contributed by atoms with Gasteiger partial charge < -0.3 is 14.8 Å². The summed E-state index contributed by atoms with van der Waals surface area (Å²) in [4.78, 5) is 0. The molecule has 1 aliphatic carbocycles. The maximum Gasteiger partial charge on any atom is 0.157 e. The van der Waals surface area contributed by atoms with E-state index >= 15 is 0 Å². The molecule has 0 aromatic heterocycles. The summed E-state index contributed by atoms with van der Waals surface area (Å²) in [6, 6.07) is 0. The topological polar surface area (TPSA) is 30.5 Å². The molecular weight excluding hydrogens is 226 g/mol. The minimum absolute atomic E-state index is 0.0144. The molecule has 3 nitrogen and oxygen atoms in total. The zero-order valence-electron chi connectivity index (χ0n) is 12.0. The van der Waals surface area contributed by atoms with Gasteiger partial charge in [-0.05, 0) is 65.0 Å². The molecule has 0 heterocycles. The second-order valence-electron chi connectivity index (χ2n) is 4.84. The molecule has 3 heteroatoms. The Kier molecular flexibility index (Phi) is 9.17. The molecule has 106 valence electrons. The van der Waals surface area contributed by atoms with Crippen LogP contribution in [0.25, 0.3) is 0 Å². The van der Waals surface area contributed by atoms with Gasteiger partial charge in [-0.3, -0.25) is 0 Å². The third-order valence-electron chi connectivity index (χ3n) is 3.31. The van der Waals surface area contributed by atoms with Crippen LogP contribution < -0.4 is 5.32 Å². The van der Waals surface area contributed by atoms with E-state index in [9.17, 15) is 0 Å². The summed E-state index contributed by atoms with van der Waals surface area (Å²) in [5.74, 6) is 0.838. The Bertz CT molecular complexity index is 213. The standard InChI is InChI=1S/C15H29NO2/c1-3-17-15(18-4-2)11-8-12-16-13-14-9-6-5-7-10-14/h5-6,14-16H,3-4,7-13H2,1-2H3. The van der Waals surface area contributed by atoms with Gasteiger partial charge in [0.1, 0.15) is 0 Å². The number of ether oxygens (including phenoxy) is 2. The van der Waals surface area contributed by atoms with E-state index in [1.807, 2.05) is 13.8 Å². The molecule has 1 aliphatic rings. The Morgan fingerprint density at radius 1 is 1.22 bits per heavy atom. The minimum atomic E-state index is -0.0144. The average molecular weight is 255 g/mol. The highest BCUT2D eigenvalue weighted by atomic mass is 16.7. The van der Waals surface area contributed by atoms with Crippen molar-refractivity contribution in [2.75, 3.05) is 26.3 Å². The summed E-state index contributed by atoms with van der Waals surface area (Å²) in [7, 11) is 0. The number of nitrogens with one attached hydrogen (secondary N) is 1. The Morgan fingerprint density at radius 2 is 2.00 bits per heavy atom. The molecule has 1 atom stereocenters. The lowest BCUT2D eigenvalue weighted by Crippen LogP contribution is -2.26. The molecule has 0 bridgehead atoms. The largest absolute Gasteiger partial charge is 0.353 e. The molecular formula is C15H29NO2. The molecule has 1 rings (SSSR count). The highest BCUT2D eigenvalue weighted by Crippen LogP contribution is 2.16. The van der Waals surface area contributed by atoms with Crippen LogP contribution in [0.5, 0.6) is 0 Å². The van der Waals surface area contributed by atoms with Gasteiger partial charge in [-0.25, -0.2) is 0 Å². The Labute approximate surface area is 112 Å². The quantitative estimate of drug-likeness (QED) is 0.369. The monoisotopic (exact) mass is 255 g/mol. The van der Waals surface area contributed by atoms with Crippen LogP contribution in [0, 0.1) is 5.92 Å². The van der Waals surface area contributed by atoms with Gasteiger partial charge in [0.25, 0.3) is 0 Å². The van der Waals surface area contributed by atoms with Gasteiger partial charge in [0.2, 0.25) is 0 Å². The highest BCUT2D eigenvalue weighted by molar-refractivity contribution is 4.90. The van der Waals surface area contributed by atoms with E-state index < -0.39 is 0 Å². The van der Waals surface area contributed by atoms with E-state index in [2.05, 4.69) is 17.5 Å². The van der Waals surface area contributed by atoms with Crippen LogP contribution in [0.1, 0.15) is 46.0 Å². The van der Waals surface area contributed by atoms with Crippen LogP contribution in [0.15, 0.2) is 12.2 Å². The lowest BCUT2D eigenvalue weighted by Gasteiger charge is -2.19. The molecule has 0 aromatic carbocycles. The van der Waals surface area contributed by atoms with Gasteiger partial charge in [0.15, 0.2) is 6.29 Å². The smallest absolute Gasteiger partial charge is 0.157 e. The molecule has 0 saturated heterocycles. The lowest BCUT2D eigenvalue weighted by molar-refractivity contribution is -0.139. The van der Waals surface area contributed by atoms with E-state index in [1.165, 1.54) is 19.3 Å². The van der Waals surface area contributed by atoms with Crippen molar-refractivity contribution in [2.24, 2.45) is 5.92 Å². The lowest BCUT2D eigenvalue weighted by atomic mass is 9.94. The van der Waals surface area contributed by atoms with E-state index in [0.717, 1.165) is 45.1 Å². The molecule has 1 N–H and O–H groups in total. The van der Waals surface area contributed by atoms with E-state index in [-0.39, 0.29) is 6.29 Å². The summed E-state index contributed by atoms with van der Waals surface area (Å²) >= 11 is 0. The van der Waals surface area contributed by atoms with E-state index in [1.54, 1.807) is 0 Å². The maximum atomic E-state index is 5.52. The van der Waals surface area contributed by atoms with Crippen molar-refractivity contribution in [3.8, 4) is 0 Å². The predicted octanol–water partition coefficient (Wildman–Crippen LogP) is 3.11. The normalized spacial score (nSPS) is 19.6. The Balaban J connectivity index is 1.97. The van der Waals surface area contributed by atoms with Crippen LogP contribution in [0.3, 0.4) is 0 Å². The van der Waals surface area contributed by atoms with Crippen molar-refractivity contribution in [3.63, 3.8) is 0 Å². The van der Waals surface area contributed by atoms with Crippen LogP contribution in [0.2, 0.25) is 0 Å². The number of rotatable bonds is 10. The fourth-order valence-corrected chi connectivity index (χ4v) is 2.33. The van der Waals surface area contributed by atoms with Crippen LogP contribution in [-0.2, 0) is 9.47 Å². The van der Waals surface area contributed by atoms with Gasteiger partial charge in [0, 0.05) is 13.2 Å². The predicted molar refractivity (Wildman–Crippen MR) is 75.6 cm³/mol. The fourth-order valence-electron chi connectivity index (χ4n) is 2.33. The average Bonchev–Trinajstić information content (AvgIpc) is 2.40. The van der Waals surface area contributed by atoms with Crippen molar-refractivity contribution >= 4 is 0 Å². The second kappa shape index (κ2) is 10.5. The first-order valence-electron chi connectivity index (χ1n) is 7.45. The minimum Gasteiger partial charge on any atom is -0.353 e. The SMILES string of the molecule is CCOC(CCCNCC1CC=CCC1)OCC.